The molecule has 0 unspecified atom stereocenters. The molecule has 1 aromatic heterocycles. The SMILES string of the molecule is NC(=O)c1cc(N)cnc1NCCc1cc(F)cc(F)c1. The van der Waals surface area contributed by atoms with E-state index in [4.69, 9.17) is 11.5 Å². The molecule has 0 spiro atoms. The van der Waals surface area contributed by atoms with Crippen LogP contribution in [0.1, 0.15) is 15.9 Å². The fourth-order valence-corrected chi connectivity index (χ4v) is 1.89. The number of benzene rings is 1. The van der Waals surface area contributed by atoms with E-state index in [-0.39, 0.29) is 11.4 Å². The van der Waals surface area contributed by atoms with Crippen molar-refractivity contribution in [3.63, 3.8) is 0 Å². The molecule has 0 bridgehead atoms. The molecule has 0 aliphatic rings. The Kier molecular flexibility index (Phi) is 4.32. The van der Waals surface area contributed by atoms with Gasteiger partial charge in [0.2, 0.25) is 0 Å². The van der Waals surface area contributed by atoms with Crippen LogP contribution in [0.5, 0.6) is 0 Å². The third-order valence-electron chi connectivity index (χ3n) is 2.80. The number of amides is 1. The molecule has 0 fully saturated rings. The molecule has 5 nitrogen and oxygen atoms in total. The summed E-state index contributed by atoms with van der Waals surface area (Å²) >= 11 is 0. The van der Waals surface area contributed by atoms with Crippen molar-refractivity contribution in [2.75, 3.05) is 17.6 Å². The van der Waals surface area contributed by atoms with Crippen molar-refractivity contribution >= 4 is 17.4 Å². The summed E-state index contributed by atoms with van der Waals surface area (Å²) in [7, 11) is 0. The number of aromatic nitrogens is 1. The summed E-state index contributed by atoms with van der Waals surface area (Å²) in [5.41, 5.74) is 11.8. The Morgan fingerprint density at radius 3 is 2.48 bits per heavy atom. The van der Waals surface area contributed by atoms with Gasteiger partial charge in [0.15, 0.2) is 0 Å². The summed E-state index contributed by atoms with van der Waals surface area (Å²) in [6.45, 7) is 0.333. The van der Waals surface area contributed by atoms with Gasteiger partial charge in [-0.2, -0.15) is 0 Å². The number of rotatable bonds is 5. The van der Waals surface area contributed by atoms with E-state index in [1.54, 1.807) is 0 Å². The second-order valence-electron chi connectivity index (χ2n) is 4.48. The van der Waals surface area contributed by atoms with Gasteiger partial charge in [-0.3, -0.25) is 4.79 Å². The Morgan fingerprint density at radius 1 is 1.19 bits per heavy atom. The van der Waals surface area contributed by atoms with Gasteiger partial charge in [0.25, 0.3) is 5.91 Å². The first kappa shape index (κ1) is 14.7. The maximum atomic E-state index is 13.0. The van der Waals surface area contributed by atoms with E-state index in [9.17, 15) is 13.6 Å². The molecule has 0 saturated heterocycles. The molecule has 1 aromatic carbocycles. The minimum absolute atomic E-state index is 0.167. The van der Waals surface area contributed by atoms with Gasteiger partial charge >= 0.3 is 0 Å². The standard InChI is InChI=1S/C14H14F2N4O/c15-9-3-8(4-10(16)5-9)1-2-19-14-12(13(18)21)6-11(17)7-20-14/h3-7H,1-2,17H2,(H2,18,21)(H,19,20). The van der Waals surface area contributed by atoms with Crippen LogP contribution < -0.4 is 16.8 Å². The third-order valence-corrected chi connectivity index (χ3v) is 2.80. The Hall–Kier alpha value is -2.70. The van der Waals surface area contributed by atoms with Crippen molar-refractivity contribution < 1.29 is 13.6 Å². The molecule has 2 aromatic rings. The highest BCUT2D eigenvalue weighted by Crippen LogP contribution is 2.15. The first-order valence-electron chi connectivity index (χ1n) is 6.20. The average Bonchev–Trinajstić information content (AvgIpc) is 2.39. The van der Waals surface area contributed by atoms with Crippen LogP contribution in [0.2, 0.25) is 0 Å². The number of anilines is 2. The number of carbonyl (C=O) groups is 1. The molecule has 0 atom stereocenters. The fraction of sp³-hybridized carbons (Fsp3) is 0.143. The van der Waals surface area contributed by atoms with E-state index in [0.717, 1.165) is 6.07 Å². The summed E-state index contributed by atoms with van der Waals surface area (Å²) < 4.78 is 26.1. The molecule has 1 amide bonds. The Balaban J connectivity index is 2.05. The zero-order valence-electron chi connectivity index (χ0n) is 11.1. The zero-order chi connectivity index (χ0) is 15.4. The number of primary amides is 1. The number of hydrogen-bond acceptors (Lipinski definition) is 4. The molecule has 21 heavy (non-hydrogen) atoms. The maximum absolute atomic E-state index is 13.0. The smallest absolute Gasteiger partial charge is 0.252 e. The van der Waals surface area contributed by atoms with E-state index in [0.29, 0.717) is 24.2 Å². The Morgan fingerprint density at radius 2 is 1.86 bits per heavy atom. The maximum Gasteiger partial charge on any atom is 0.252 e. The van der Waals surface area contributed by atoms with E-state index in [2.05, 4.69) is 10.3 Å². The number of nitrogens with two attached hydrogens (primary N) is 2. The molecule has 0 radical (unpaired) electrons. The Labute approximate surface area is 120 Å². The number of hydrogen-bond donors (Lipinski definition) is 3. The first-order chi connectivity index (χ1) is 9.95. The van der Waals surface area contributed by atoms with Crippen LogP contribution in [0.15, 0.2) is 30.5 Å². The summed E-state index contributed by atoms with van der Waals surface area (Å²) in [6.07, 6.45) is 1.75. The highest BCUT2D eigenvalue weighted by atomic mass is 19.1. The van der Waals surface area contributed by atoms with Crippen LogP contribution in [-0.2, 0) is 6.42 Å². The molecule has 0 aliphatic heterocycles. The molecular formula is C14H14F2N4O. The summed E-state index contributed by atoms with van der Waals surface area (Å²) in [4.78, 5) is 15.3. The number of nitrogen functional groups attached to an aromatic ring is 1. The molecule has 0 saturated carbocycles. The topological polar surface area (TPSA) is 94.0 Å². The van der Waals surface area contributed by atoms with Crippen LogP contribution in [0.25, 0.3) is 0 Å². The average molecular weight is 292 g/mol. The Bertz CT molecular complexity index is 656. The summed E-state index contributed by atoms with van der Waals surface area (Å²) in [6, 6.07) is 4.72. The molecule has 7 heteroatoms. The number of nitrogens with one attached hydrogen (secondary N) is 1. The van der Waals surface area contributed by atoms with Crippen LogP contribution in [0, 0.1) is 11.6 Å². The lowest BCUT2D eigenvalue weighted by Crippen LogP contribution is -2.17. The quantitative estimate of drug-likeness (QED) is 0.781. The number of nitrogens with zero attached hydrogens (tertiary/aromatic N) is 1. The third kappa shape index (κ3) is 3.88. The molecule has 5 N–H and O–H groups in total. The second-order valence-corrected chi connectivity index (χ2v) is 4.48. The predicted molar refractivity (Wildman–Crippen MR) is 75.7 cm³/mol. The highest BCUT2D eigenvalue weighted by Gasteiger charge is 2.10. The van der Waals surface area contributed by atoms with Gasteiger partial charge in [-0.1, -0.05) is 0 Å². The first-order valence-corrected chi connectivity index (χ1v) is 6.20. The summed E-state index contributed by atoms with van der Waals surface area (Å²) in [5.74, 6) is -1.63. The number of pyridine rings is 1. The van der Waals surface area contributed by atoms with Gasteiger partial charge in [-0.05, 0) is 30.2 Å². The van der Waals surface area contributed by atoms with E-state index in [1.807, 2.05) is 0 Å². The van der Waals surface area contributed by atoms with Gasteiger partial charge in [0.1, 0.15) is 17.5 Å². The molecule has 1 heterocycles. The molecule has 2 rings (SSSR count). The zero-order valence-corrected chi connectivity index (χ0v) is 11.1. The minimum atomic E-state index is -0.658. The van der Waals surface area contributed by atoms with Crippen molar-refractivity contribution in [1.82, 2.24) is 4.98 Å². The molecule has 110 valence electrons. The van der Waals surface area contributed by atoms with Crippen molar-refractivity contribution in [2.45, 2.75) is 6.42 Å². The largest absolute Gasteiger partial charge is 0.397 e. The van der Waals surface area contributed by atoms with E-state index >= 15 is 0 Å². The monoisotopic (exact) mass is 292 g/mol. The van der Waals surface area contributed by atoms with Gasteiger partial charge in [-0.15, -0.1) is 0 Å². The predicted octanol–water partition coefficient (Wildman–Crippen LogP) is 1.70. The van der Waals surface area contributed by atoms with Crippen molar-refractivity contribution in [1.29, 1.82) is 0 Å². The summed E-state index contributed by atoms with van der Waals surface area (Å²) in [5, 5.41) is 2.90. The fourth-order valence-electron chi connectivity index (χ4n) is 1.89. The van der Waals surface area contributed by atoms with Gasteiger partial charge in [-0.25, -0.2) is 13.8 Å². The normalized spacial score (nSPS) is 10.4. The van der Waals surface area contributed by atoms with Gasteiger partial charge in [0.05, 0.1) is 17.4 Å². The van der Waals surface area contributed by atoms with Crippen molar-refractivity contribution in [3.05, 3.63) is 53.2 Å². The lowest BCUT2D eigenvalue weighted by Gasteiger charge is -2.09. The minimum Gasteiger partial charge on any atom is -0.397 e. The number of carbonyl (C=O) groups excluding carboxylic acids is 1. The van der Waals surface area contributed by atoms with Gasteiger partial charge < -0.3 is 16.8 Å². The number of halogens is 2. The van der Waals surface area contributed by atoms with Crippen molar-refractivity contribution in [2.24, 2.45) is 5.73 Å². The van der Waals surface area contributed by atoms with Crippen LogP contribution >= 0.6 is 0 Å². The van der Waals surface area contributed by atoms with E-state index < -0.39 is 17.5 Å². The van der Waals surface area contributed by atoms with Crippen LogP contribution in [0.4, 0.5) is 20.3 Å². The van der Waals surface area contributed by atoms with E-state index in [1.165, 1.54) is 24.4 Å². The van der Waals surface area contributed by atoms with Crippen molar-refractivity contribution in [3.8, 4) is 0 Å². The van der Waals surface area contributed by atoms with Gasteiger partial charge in [0, 0.05) is 12.6 Å². The lowest BCUT2D eigenvalue weighted by molar-refractivity contribution is 0.100. The van der Waals surface area contributed by atoms with Crippen LogP contribution in [0.3, 0.4) is 0 Å². The van der Waals surface area contributed by atoms with Crippen LogP contribution in [-0.4, -0.2) is 17.4 Å². The highest BCUT2D eigenvalue weighted by molar-refractivity contribution is 5.98. The molecular weight excluding hydrogens is 278 g/mol. The molecule has 0 aliphatic carbocycles. The second kappa shape index (κ2) is 6.17. The lowest BCUT2D eigenvalue weighted by atomic mass is 10.1.